The Bertz CT molecular complexity index is 1260. The van der Waals surface area contributed by atoms with E-state index in [-0.39, 0.29) is 39.4 Å². The maximum Gasteiger partial charge on any atom is 0.228 e. The van der Waals surface area contributed by atoms with E-state index in [0.29, 0.717) is 5.56 Å². The first kappa shape index (κ1) is 22.1. The van der Waals surface area contributed by atoms with Crippen LogP contribution in [-0.4, -0.2) is 20.1 Å². The lowest BCUT2D eigenvalue weighted by Crippen LogP contribution is -2.15. The quantitative estimate of drug-likeness (QED) is 0.612. The summed E-state index contributed by atoms with van der Waals surface area (Å²) in [5.74, 6) is -2.37. The predicted molar refractivity (Wildman–Crippen MR) is 113 cm³/mol. The van der Waals surface area contributed by atoms with Crippen molar-refractivity contribution in [1.82, 2.24) is 0 Å². The minimum atomic E-state index is -3.34. The molecule has 0 saturated heterocycles. The molecule has 0 heterocycles. The van der Waals surface area contributed by atoms with Crippen LogP contribution in [0.4, 0.5) is 14.5 Å². The smallest absolute Gasteiger partial charge is 0.228 e. The molecule has 0 aliphatic carbocycles. The molecule has 0 radical (unpaired) electrons. The third-order valence-electron chi connectivity index (χ3n) is 4.67. The van der Waals surface area contributed by atoms with E-state index in [1.807, 2.05) is 6.07 Å². The van der Waals surface area contributed by atoms with Gasteiger partial charge in [-0.1, -0.05) is 37.3 Å². The normalized spacial score (nSPS) is 11.0. The largest absolute Gasteiger partial charge is 0.326 e. The van der Waals surface area contributed by atoms with Gasteiger partial charge in [0.1, 0.15) is 11.6 Å². The molecule has 3 aromatic rings. The van der Waals surface area contributed by atoms with Crippen LogP contribution in [-0.2, 0) is 21.1 Å². The second kappa shape index (κ2) is 9.06. The topological polar surface area (TPSA) is 87.0 Å². The number of nitrogens with one attached hydrogen (secondary N) is 1. The number of halogens is 2. The summed E-state index contributed by atoms with van der Waals surface area (Å²) in [7, 11) is -3.34. The Labute approximate surface area is 178 Å². The average Bonchev–Trinajstić information content (AvgIpc) is 2.74. The van der Waals surface area contributed by atoms with Crippen LogP contribution in [0.15, 0.2) is 65.6 Å². The number of hydrogen-bond donors (Lipinski definition) is 1. The van der Waals surface area contributed by atoms with Crippen LogP contribution in [0.1, 0.15) is 18.1 Å². The highest BCUT2D eigenvalue weighted by molar-refractivity contribution is 7.91. The number of rotatable bonds is 6. The molecule has 1 amide bonds. The van der Waals surface area contributed by atoms with E-state index in [0.717, 1.165) is 12.1 Å². The maximum absolute atomic E-state index is 14.6. The van der Waals surface area contributed by atoms with Crippen LogP contribution in [0.2, 0.25) is 0 Å². The molecule has 1 N–H and O–H groups in total. The lowest BCUT2D eigenvalue weighted by Gasteiger charge is -2.11. The number of anilines is 1. The second-order valence-electron chi connectivity index (χ2n) is 6.74. The Morgan fingerprint density at radius 2 is 1.65 bits per heavy atom. The molecule has 8 heteroatoms. The van der Waals surface area contributed by atoms with Gasteiger partial charge in [0.15, 0.2) is 9.84 Å². The van der Waals surface area contributed by atoms with Crippen molar-refractivity contribution < 1.29 is 22.0 Å². The van der Waals surface area contributed by atoms with Gasteiger partial charge < -0.3 is 5.32 Å². The van der Waals surface area contributed by atoms with Crippen molar-refractivity contribution in [3.63, 3.8) is 0 Å². The molecule has 31 heavy (non-hydrogen) atoms. The zero-order valence-electron chi connectivity index (χ0n) is 16.5. The van der Waals surface area contributed by atoms with E-state index in [1.54, 1.807) is 19.1 Å². The minimum Gasteiger partial charge on any atom is -0.326 e. The summed E-state index contributed by atoms with van der Waals surface area (Å²) in [5, 5.41) is 11.6. The van der Waals surface area contributed by atoms with Gasteiger partial charge >= 0.3 is 0 Å². The standard InChI is InChI=1S/C23H18F2N2O3S/c1-2-31(29,30)18-9-7-15(8-10-18)11-22(28)27-17-12-20(24)23(21(25)13-17)19-6-4-3-5-16(19)14-26/h3-10,12-13H,2,11H2,1H3,(H,27,28). The van der Waals surface area contributed by atoms with Crippen LogP contribution >= 0.6 is 0 Å². The van der Waals surface area contributed by atoms with E-state index in [4.69, 9.17) is 5.26 Å². The molecule has 0 aromatic heterocycles. The summed E-state index contributed by atoms with van der Waals surface area (Å²) in [6.07, 6.45) is -0.102. The summed E-state index contributed by atoms with van der Waals surface area (Å²) in [4.78, 5) is 12.4. The molecular formula is C23H18F2N2O3S. The number of hydrogen-bond acceptors (Lipinski definition) is 4. The number of benzene rings is 3. The van der Waals surface area contributed by atoms with Crippen LogP contribution in [0.25, 0.3) is 11.1 Å². The lowest BCUT2D eigenvalue weighted by molar-refractivity contribution is -0.115. The summed E-state index contributed by atoms with van der Waals surface area (Å²) < 4.78 is 52.9. The van der Waals surface area contributed by atoms with Gasteiger partial charge in [-0.3, -0.25) is 4.79 Å². The van der Waals surface area contributed by atoms with Gasteiger partial charge in [0.05, 0.1) is 34.3 Å². The Kier molecular flexibility index (Phi) is 6.47. The molecule has 0 aliphatic heterocycles. The third kappa shape index (κ3) is 4.95. The maximum atomic E-state index is 14.6. The van der Waals surface area contributed by atoms with E-state index in [1.165, 1.54) is 36.4 Å². The van der Waals surface area contributed by atoms with Gasteiger partial charge in [-0.05, 0) is 35.9 Å². The number of carbonyl (C=O) groups is 1. The van der Waals surface area contributed by atoms with Gasteiger partial charge in [-0.15, -0.1) is 0 Å². The monoisotopic (exact) mass is 440 g/mol. The Hall–Kier alpha value is -3.57. The molecule has 5 nitrogen and oxygen atoms in total. The van der Waals surface area contributed by atoms with Gasteiger partial charge in [0.25, 0.3) is 0 Å². The summed E-state index contributed by atoms with van der Waals surface area (Å²) in [6.45, 7) is 1.54. The van der Waals surface area contributed by atoms with Crippen LogP contribution in [0.5, 0.6) is 0 Å². The molecule has 0 bridgehead atoms. The Morgan fingerprint density at radius 1 is 1.03 bits per heavy atom. The first-order valence-corrected chi connectivity index (χ1v) is 11.0. The Morgan fingerprint density at radius 3 is 2.23 bits per heavy atom. The number of amides is 1. The average molecular weight is 440 g/mol. The highest BCUT2D eigenvalue weighted by atomic mass is 32.2. The molecule has 3 rings (SSSR count). The summed E-state index contributed by atoms with van der Waals surface area (Å²) >= 11 is 0. The van der Waals surface area contributed by atoms with Gasteiger partial charge in [-0.25, -0.2) is 17.2 Å². The Balaban J connectivity index is 1.78. The zero-order valence-corrected chi connectivity index (χ0v) is 17.3. The molecular weight excluding hydrogens is 422 g/mol. The first-order chi connectivity index (χ1) is 14.7. The van der Waals surface area contributed by atoms with E-state index < -0.39 is 27.4 Å². The van der Waals surface area contributed by atoms with E-state index >= 15 is 0 Å². The highest BCUT2D eigenvalue weighted by Crippen LogP contribution is 2.31. The van der Waals surface area contributed by atoms with Crippen molar-refractivity contribution in [2.24, 2.45) is 0 Å². The fraction of sp³-hybridized carbons (Fsp3) is 0.130. The van der Waals surface area contributed by atoms with Gasteiger partial charge in [0, 0.05) is 11.3 Å². The highest BCUT2D eigenvalue weighted by Gasteiger charge is 2.17. The van der Waals surface area contributed by atoms with Crippen molar-refractivity contribution in [2.75, 3.05) is 11.1 Å². The summed E-state index contributed by atoms with van der Waals surface area (Å²) in [5.41, 5.74) is 0.393. The van der Waals surface area contributed by atoms with Crippen LogP contribution in [0.3, 0.4) is 0 Å². The fourth-order valence-corrected chi connectivity index (χ4v) is 3.96. The first-order valence-electron chi connectivity index (χ1n) is 9.35. The number of nitrogens with zero attached hydrogens (tertiary/aromatic N) is 1. The minimum absolute atomic E-state index is 0.0290. The molecule has 0 unspecified atom stereocenters. The summed E-state index contributed by atoms with van der Waals surface area (Å²) in [6, 6.07) is 15.8. The van der Waals surface area contributed by atoms with Crippen molar-refractivity contribution in [1.29, 1.82) is 5.26 Å². The molecule has 0 saturated carbocycles. The van der Waals surface area contributed by atoms with Crippen molar-refractivity contribution >= 4 is 21.4 Å². The van der Waals surface area contributed by atoms with Crippen molar-refractivity contribution in [3.05, 3.63) is 83.4 Å². The number of carbonyl (C=O) groups excluding carboxylic acids is 1. The van der Waals surface area contributed by atoms with Gasteiger partial charge in [0.2, 0.25) is 5.91 Å². The number of sulfone groups is 1. The van der Waals surface area contributed by atoms with Crippen LogP contribution < -0.4 is 5.32 Å². The molecule has 0 fully saturated rings. The molecule has 0 aliphatic rings. The van der Waals surface area contributed by atoms with E-state index in [2.05, 4.69) is 5.32 Å². The molecule has 158 valence electrons. The molecule has 3 aromatic carbocycles. The van der Waals surface area contributed by atoms with Crippen molar-refractivity contribution in [2.45, 2.75) is 18.2 Å². The third-order valence-corrected chi connectivity index (χ3v) is 6.42. The fourth-order valence-electron chi connectivity index (χ4n) is 3.07. The number of nitriles is 1. The predicted octanol–water partition coefficient (Wildman–Crippen LogP) is 4.48. The lowest BCUT2D eigenvalue weighted by atomic mass is 9.99. The SMILES string of the molecule is CCS(=O)(=O)c1ccc(CC(=O)Nc2cc(F)c(-c3ccccc3C#N)c(F)c2)cc1. The molecule has 0 spiro atoms. The van der Waals surface area contributed by atoms with Crippen molar-refractivity contribution in [3.8, 4) is 17.2 Å². The van der Waals surface area contributed by atoms with E-state index in [9.17, 15) is 22.0 Å². The zero-order chi connectivity index (χ0) is 22.6. The van der Waals surface area contributed by atoms with Crippen LogP contribution in [0, 0.1) is 23.0 Å². The second-order valence-corrected chi connectivity index (χ2v) is 9.02. The van der Waals surface area contributed by atoms with Gasteiger partial charge in [-0.2, -0.15) is 5.26 Å². The molecule has 0 atom stereocenters.